The Bertz CT molecular complexity index is 256. The Labute approximate surface area is 70.7 Å². The van der Waals surface area contributed by atoms with Crippen molar-refractivity contribution in [1.29, 1.82) is 0 Å². The van der Waals surface area contributed by atoms with Crippen LogP contribution in [0.3, 0.4) is 0 Å². The summed E-state index contributed by atoms with van der Waals surface area (Å²) in [5.74, 6) is -0.238. The number of benzene rings is 1. The fourth-order valence-electron chi connectivity index (χ4n) is 0.767. The van der Waals surface area contributed by atoms with Crippen molar-refractivity contribution in [3.05, 3.63) is 35.6 Å². The van der Waals surface area contributed by atoms with E-state index in [9.17, 15) is 4.39 Å². The Balaban J connectivity index is 2.47. The van der Waals surface area contributed by atoms with Crippen LogP contribution in [-0.2, 0) is 11.4 Å². The van der Waals surface area contributed by atoms with Crippen LogP contribution in [0.25, 0.3) is 0 Å². The quantitative estimate of drug-likeness (QED) is 0.500. The lowest BCUT2D eigenvalue weighted by Gasteiger charge is -1.98. The summed E-state index contributed by atoms with van der Waals surface area (Å²) in [5.41, 5.74) is 0.905. The molecule has 2 nitrogen and oxygen atoms in total. The second-order valence-corrected chi connectivity index (χ2v) is 2.26. The first-order chi connectivity index (χ1) is 5.83. The van der Waals surface area contributed by atoms with Gasteiger partial charge in [0.15, 0.2) is 0 Å². The van der Waals surface area contributed by atoms with Crippen LogP contribution in [0.4, 0.5) is 4.39 Å². The van der Waals surface area contributed by atoms with Crippen molar-refractivity contribution in [2.75, 3.05) is 0 Å². The van der Waals surface area contributed by atoms with Crippen LogP contribution in [0.2, 0.25) is 0 Å². The Morgan fingerprint density at radius 3 is 2.67 bits per heavy atom. The van der Waals surface area contributed by atoms with E-state index in [2.05, 4.69) is 5.16 Å². The Hall–Kier alpha value is -1.38. The lowest BCUT2D eigenvalue weighted by Crippen LogP contribution is -1.86. The van der Waals surface area contributed by atoms with Gasteiger partial charge in [0.25, 0.3) is 0 Å². The molecule has 3 heteroatoms. The molecule has 64 valence electrons. The smallest absolute Gasteiger partial charge is 0.142 e. The molecule has 0 fully saturated rings. The molecule has 0 heterocycles. The lowest BCUT2D eigenvalue weighted by molar-refractivity contribution is 0.132. The van der Waals surface area contributed by atoms with Gasteiger partial charge in [0.2, 0.25) is 0 Å². The zero-order valence-corrected chi connectivity index (χ0v) is 6.83. The van der Waals surface area contributed by atoms with Gasteiger partial charge < -0.3 is 4.84 Å². The van der Waals surface area contributed by atoms with E-state index in [0.717, 1.165) is 5.56 Å². The normalized spacial score (nSPS) is 10.5. The number of hydrogen-bond acceptors (Lipinski definition) is 2. The second kappa shape index (κ2) is 4.49. The van der Waals surface area contributed by atoms with Crippen LogP contribution in [-0.4, -0.2) is 6.21 Å². The lowest BCUT2D eigenvalue weighted by atomic mass is 10.2. The molecule has 0 saturated heterocycles. The zero-order valence-electron chi connectivity index (χ0n) is 6.83. The van der Waals surface area contributed by atoms with Gasteiger partial charge >= 0.3 is 0 Å². The molecule has 12 heavy (non-hydrogen) atoms. The van der Waals surface area contributed by atoms with Crippen LogP contribution in [0, 0.1) is 5.82 Å². The SMILES string of the molecule is C/C=N/OCc1ccc(F)cc1. The van der Waals surface area contributed by atoms with E-state index in [-0.39, 0.29) is 5.82 Å². The highest BCUT2D eigenvalue weighted by Crippen LogP contribution is 2.03. The average molecular weight is 167 g/mol. The number of nitrogens with zero attached hydrogens (tertiary/aromatic N) is 1. The van der Waals surface area contributed by atoms with E-state index in [1.165, 1.54) is 12.1 Å². The summed E-state index contributed by atoms with van der Waals surface area (Å²) in [6.07, 6.45) is 1.56. The third kappa shape index (κ3) is 2.70. The molecule has 0 aromatic heterocycles. The van der Waals surface area contributed by atoms with Crippen molar-refractivity contribution in [3.63, 3.8) is 0 Å². The molecule has 0 bridgehead atoms. The van der Waals surface area contributed by atoms with Gasteiger partial charge in [-0.1, -0.05) is 17.3 Å². The maximum atomic E-state index is 12.4. The van der Waals surface area contributed by atoms with E-state index < -0.39 is 0 Å². The van der Waals surface area contributed by atoms with Crippen molar-refractivity contribution in [2.24, 2.45) is 5.16 Å². The highest BCUT2D eigenvalue weighted by Gasteiger charge is 1.92. The highest BCUT2D eigenvalue weighted by molar-refractivity contribution is 5.52. The molecule has 1 aromatic rings. The third-order valence-corrected chi connectivity index (χ3v) is 1.32. The summed E-state index contributed by atoms with van der Waals surface area (Å²) < 4.78 is 12.4. The van der Waals surface area contributed by atoms with Gasteiger partial charge in [0.1, 0.15) is 12.4 Å². The Morgan fingerprint density at radius 2 is 2.08 bits per heavy atom. The van der Waals surface area contributed by atoms with E-state index in [1.54, 1.807) is 25.3 Å². The topological polar surface area (TPSA) is 21.6 Å². The maximum absolute atomic E-state index is 12.4. The number of oxime groups is 1. The van der Waals surface area contributed by atoms with Gasteiger partial charge in [-0.25, -0.2) is 4.39 Å². The second-order valence-electron chi connectivity index (χ2n) is 2.26. The third-order valence-electron chi connectivity index (χ3n) is 1.32. The number of rotatable bonds is 3. The van der Waals surface area contributed by atoms with Gasteiger partial charge in [-0.2, -0.15) is 0 Å². The minimum absolute atomic E-state index is 0.238. The molecule has 0 N–H and O–H groups in total. The molecular weight excluding hydrogens is 157 g/mol. The molecule has 0 atom stereocenters. The van der Waals surface area contributed by atoms with Crippen LogP contribution in [0.15, 0.2) is 29.4 Å². The minimum atomic E-state index is -0.238. The summed E-state index contributed by atoms with van der Waals surface area (Å²) in [5, 5.41) is 3.57. The molecule has 0 saturated carbocycles. The average Bonchev–Trinajstić information content (AvgIpc) is 2.09. The number of halogens is 1. The molecule has 0 aliphatic rings. The van der Waals surface area contributed by atoms with Crippen molar-refractivity contribution >= 4 is 6.21 Å². The van der Waals surface area contributed by atoms with Crippen molar-refractivity contribution in [3.8, 4) is 0 Å². The molecule has 0 amide bonds. The van der Waals surface area contributed by atoms with Crippen LogP contribution < -0.4 is 0 Å². The largest absolute Gasteiger partial charge is 0.391 e. The first kappa shape index (κ1) is 8.71. The summed E-state index contributed by atoms with van der Waals surface area (Å²) in [6, 6.07) is 6.13. The van der Waals surface area contributed by atoms with E-state index in [4.69, 9.17) is 4.84 Å². The van der Waals surface area contributed by atoms with Gasteiger partial charge in [-0.15, -0.1) is 0 Å². The van der Waals surface area contributed by atoms with Gasteiger partial charge in [-0.05, 0) is 24.6 Å². The predicted octanol–water partition coefficient (Wildman–Crippen LogP) is 2.35. The van der Waals surface area contributed by atoms with Gasteiger partial charge in [0, 0.05) is 6.21 Å². The van der Waals surface area contributed by atoms with Crippen LogP contribution in [0.5, 0.6) is 0 Å². The zero-order chi connectivity index (χ0) is 8.81. The maximum Gasteiger partial charge on any atom is 0.142 e. The first-order valence-corrected chi connectivity index (χ1v) is 3.67. The summed E-state index contributed by atoms with van der Waals surface area (Å²) in [6.45, 7) is 2.15. The van der Waals surface area contributed by atoms with E-state index >= 15 is 0 Å². The molecule has 0 aliphatic heterocycles. The molecule has 0 radical (unpaired) electrons. The van der Waals surface area contributed by atoms with E-state index in [1.807, 2.05) is 0 Å². The summed E-state index contributed by atoms with van der Waals surface area (Å²) in [7, 11) is 0. The minimum Gasteiger partial charge on any atom is -0.391 e. The first-order valence-electron chi connectivity index (χ1n) is 3.67. The fraction of sp³-hybridized carbons (Fsp3) is 0.222. The molecular formula is C9H10FNO. The molecule has 0 aliphatic carbocycles. The molecule has 1 rings (SSSR count). The van der Waals surface area contributed by atoms with Crippen LogP contribution >= 0.6 is 0 Å². The fourth-order valence-corrected chi connectivity index (χ4v) is 0.767. The monoisotopic (exact) mass is 167 g/mol. The molecule has 0 spiro atoms. The standard InChI is InChI=1S/C9H10FNO/c1-2-11-12-7-8-3-5-9(10)6-4-8/h2-6H,7H2,1H3/b11-2+. The molecule has 1 aromatic carbocycles. The predicted molar refractivity (Wildman–Crippen MR) is 45.4 cm³/mol. The Kier molecular flexibility index (Phi) is 3.26. The van der Waals surface area contributed by atoms with E-state index in [0.29, 0.717) is 6.61 Å². The highest BCUT2D eigenvalue weighted by atomic mass is 19.1. The van der Waals surface area contributed by atoms with Crippen molar-refractivity contribution < 1.29 is 9.23 Å². The van der Waals surface area contributed by atoms with Gasteiger partial charge in [-0.3, -0.25) is 0 Å². The van der Waals surface area contributed by atoms with Gasteiger partial charge in [0.05, 0.1) is 0 Å². The molecule has 0 unspecified atom stereocenters. The number of hydrogen-bond donors (Lipinski definition) is 0. The van der Waals surface area contributed by atoms with Crippen LogP contribution in [0.1, 0.15) is 12.5 Å². The Morgan fingerprint density at radius 1 is 1.42 bits per heavy atom. The summed E-state index contributed by atoms with van der Waals surface area (Å²) >= 11 is 0. The van der Waals surface area contributed by atoms with Crippen molar-refractivity contribution in [1.82, 2.24) is 0 Å². The van der Waals surface area contributed by atoms with Crippen molar-refractivity contribution in [2.45, 2.75) is 13.5 Å². The summed E-state index contributed by atoms with van der Waals surface area (Å²) in [4.78, 5) is 4.86.